The van der Waals surface area contributed by atoms with Crippen molar-refractivity contribution in [2.75, 3.05) is 19.8 Å². The molecule has 0 bridgehead atoms. The summed E-state index contributed by atoms with van der Waals surface area (Å²) in [6.07, 6.45) is -0.105. The van der Waals surface area contributed by atoms with Crippen LogP contribution in [0.15, 0.2) is 51.7 Å². The molecule has 8 nitrogen and oxygen atoms in total. The summed E-state index contributed by atoms with van der Waals surface area (Å²) in [7, 11) is 0. The zero-order valence-corrected chi connectivity index (χ0v) is 16.9. The summed E-state index contributed by atoms with van der Waals surface area (Å²) in [5.41, 5.74) is 3.34. The molecular formula is C21H26N4O4. The molecule has 0 unspecified atom stereocenters. The van der Waals surface area contributed by atoms with Gasteiger partial charge in [-0.1, -0.05) is 23.4 Å². The van der Waals surface area contributed by atoms with Crippen molar-refractivity contribution in [3.05, 3.63) is 58.7 Å². The molecule has 0 aliphatic rings. The average molecular weight is 398 g/mol. The third-order valence-corrected chi connectivity index (χ3v) is 4.01. The van der Waals surface area contributed by atoms with Crippen molar-refractivity contribution in [3.8, 4) is 11.5 Å². The zero-order chi connectivity index (χ0) is 21.2. The number of amidine groups is 1. The lowest BCUT2D eigenvalue weighted by molar-refractivity contribution is -0.136. The van der Waals surface area contributed by atoms with Crippen molar-refractivity contribution >= 4 is 11.8 Å². The second kappa shape index (κ2) is 10.8. The lowest BCUT2D eigenvalue weighted by Crippen LogP contribution is -2.09. The van der Waals surface area contributed by atoms with Gasteiger partial charge in [-0.3, -0.25) is 9.79 Å². The molecule has 8 heteroatoms. The molecular weight excluding hydrogens is 372 g/mol. The van der Waals surface area contributed by atoms with E-state index in [0.29, 0.717) is 35.1 Å². The highest BCUT2D eigenvalue weighted by atomic mass is 16.5. The Hall–Kier alpha value is -3.42. The molecule has 0 aromatic heterocycles. The first-order valence-corrected chi connectivity index (χ1v) is 9.28. The highest BCUT2D eigenvalue weighted by Gasteiger charge is 2.12. The van der Waals surface area contributed by atoms with Gasteiger partial charge in [0.25, 0.3) is 0 Å². The van der Waals surface area contributed by atoms with Crippen molar-refractivity contribution in [2.45, 2.75) is 27.2 Å². The molecule has 154 valence electrons. The summed E-state index contributed by atoms with van der Waals surface area (Å²) < 4.78 is 11.5. The van der Waals surface area contributed by atoms with E-state index in [4.69, 9.17) is 20.4 Å². The van der Waals surface area contributed by atoms with E-state index >= 15 is 0 Å². The van der Waals surface area contributed by atoms with Crippen molar-refractivity contribution in [3.63, 3.8) is 0 Å². The van der Waals surface area contributed by atoms with Gasteiger partial charge in [-0.05, 0) is 50.1 Å². The van der Waals surface area contributed by atoms with Crippen LogP contribution in [-0.2, 0) is 11.2 Å². The maximum atomic E-state index is 11.0. The predicted molar refractivity (Wildman–Crippen MR) is 111 cm³/mol. The summed E-state index contributed by atoms with van der Waals surface area (Å²) in [6, 6.07) is 11.1. The Morgan fingerprint density at radius 1 is 1.07 bits per heavy atom. The van der Waals surface area contributed by atoms with Gasteiger partial charge >= 0.3 is 5.97 Å². The van der Waals surface area contributed by atoms with Crippen LogP contribution < -0.4 is 15.3 Å². The third kappa shape index (κ3) is 6.60. The Kier molecular flexibility index (Phi) is 8.14. The highest BCUT2D eigenvalue weighted by molar-refractivity contribution is 6.01. The number of benzene rings is 2. The third-order valence-electron chi connectivity index (χ3n) is 4.01. The molecule has 2 aromatic rings. The minimum absolute atomic E-state index is 0.105. The maximum Gasteiger partial charge on any atom is 0.307 e. The van der Waals surface area contributed by atoms with Crippen LogP contribution in [0.3, 0.4) is 0 Å². The van der Waals surface area contributed by atoms with Crippen molar-refractivity contribution < 1.29 is 19.4 Å². The fourth-order valence-electron chi connectivity index (χ4n) is 2.73. The Morgan fingerprint density at radius 3 is 2.41 bits per heavy atom. The molecule has 0 spiro atoms. The molecule has 0 aliphatic carbocycles. The molecule has 0 heterocycles. The fraction of sp³-hybridized carbons (Fsp3) is 0.333. The number of carboxylic acids is 1. The molecule has 2 rings (SSSR count). The molecule has 0 fully saturated rings. The number of hydrogen-bond acceptors (Lipinski definition) is 5. The number of hydrogen-bond donors (Lipinski definition) is 2. The molecule has 0 aliphatic heterocycles. The molecule has 0 radical (unpaired) electrons. The minimum atomic E-state index is -0.912. The topological polar surface area (TPSA) is 119 Å². The monoisotopic (exact) mass is 398 g/mol. The van der Waals surface area contributed by atoms with Crippen LogP contribution in [0, 0.1) is 13.8 Å². The number of nitrogens with zero attached hydrogens (tertiary/aromatic N) is 3. The number of ether oxygens (including phenoxy) is 2. The number of rotatable bonds is 9. The van der Waals surface area contributed by atoms with Gasteiger partial charge in [-0.2, -0.15) is 0 Å². The Labute approximate surface area is 170 Å². The van der Waals surface area contributed by atoms with Crippen molar-refractivity contribution in [1.82, 2.24) is 0 Å². The Morgan fingerprint density at radius 2 is 1.76 bits per heavy atom. The minimum Gasteiger partial charge on any atom is -0.493 e. The van der Waals surface area contributed by atoms with E-state index < -0.39 is 5.97 Å². The van der Waals surface area contributed by atoms with Crippen LogP contribution in [0.4, 0.5) is 0 Å². The molecule has 29 heavy (non-hydrogen) atoms. The highest BCUT2D eigenvalue weighted by Crippen LogP contribution is 2.23. The Bertz CT molecular complexity index is 910. The SMILES string of the molecule is CCOc1cc(C)ccc1C(N=NN)=NCCOc1cc(C)ccc1CC(=O)O. The van der Waals surface area contributed by atoms with Crippen LogP contribution in [0.25, 0.3) is 0 Å². The maximum absolute atomic E-state index is 11.0. The number of aliphatic imine (C=N–C) groups is 1. The summed E-state index contributed by atoms with van der Waals surface area (Å²) in [4.78, 5) is 15.5. The summed E-state index contributed by atoms with van der Waals surface area (Å²) in [6.45, 7) is 6.83. The average Bonchev–Trinajstić information content (AvgIpc) is 2.66. The smallest absolute Gasteiger partial charge is 0.307 e. The van der Waals surface area contributed by atoms with Gasteiger partial charge in [0.1, 0.15) is 18.1 Å². The van der Waals surface area contributed by atoms with E-state index in [2.05, 4.69) is 15.3 Å². The van der Waals surface area contributed by atoms with Crippen LogP contribution >= 0.6 is 0 Å². The second-order valence-electron chi connectivity index (χ2n) is 6.38. The number of carboxylic acid groups (broad SMARTS) is 1. The normalized spacial score (nSPS) is 11.6. The first-order chi connectivity index (χ1) is 13.9. The van der Waals surface area contributed by atoms with Crippen LogP contribution in [0.5, 0.6) is 11.5 Å². The lowest BCUT2D eigenvalue weighted by atomic mass is 10.1. The molecule has 0 amide bonds. The van der Waals surface area contributed by atoms with Crippen molar-refractivity contribution in [2.24, 2.45) is 21.2 Å². The van der Waals surface area contributed by atoms with E-state index in [0.717, 1.165) is 11.1 Å². The van der Waals surface area contributed by atoms with Gasteiger partial charge in [0.05, 0.1) is 25.1 Å². The van der Waals surface area contributed by atoms with Crippen LogP contribution in [0.1, 0.15) is 29.2 Å². The number of carbonyl (C=O) groups is 1. The summed E-state index contributed by atoms with van der Waals surface area (Å²) in [5, 5.41) is 16.3. The van der Waals surface area contributed by atoms with Gasteiger partial charge in [0.15, 0.2) is 5.84 Å². The molecule has 3 N–H and O–H groups in total. The van der Waals surface area contributed by atoms with Crippen LogP contribution in [0.2, 0.25) is 0 Å². The number of aryl methyl sites for hydroxylation is 2. The molecule has 2 aromatic carbocycles. The van der Waals surface area contributed by atoms with Gasteiger partial charge in [-0.15, -0.1) is 5.11 Å². The first-order valence-electron chi connectivity index (χ1n) is 9.28. The molecule has 0 saturated heterocycles. The summed E-state index contributed by atoms with van der Waals surface area (Å²) >= 11 is 0. The summed E-state index contributed by atoms with van der Waals surface area (Å²) in [5.74, 6) is 5.87. The number of nitrogens with two attached hydrogens (primary N) is 1. The quantitative estimate of drug-likeness (QED) is 0.167. The largest absolute Gasteiger partial charge is 0.493 e. The van der Waals surface area contributed by atoms with E-state index in [1.165, 1.54) is 0 Å². The predicted octanol–water partition coefficient (Wildman–Crippen LogP) is 3.48. The molecule has 0 saturated carbocycles. The zero-order valence-electron chi connectivity index (χ0n) is 16.9. The van der Waals surface area contributed by atoms with Gasteiger partial charge < -0.3 is 20.4 Å². The fourth-order valence-corrected chi connectivity index (χ4v) is 2.73. The Balaban J connectivity index is 2.15. The van der Waals surface area contributed by atoms with E-state index in [9.17, 15) is 4.79 Å². The van der Waals surface area contributed by atoms with E-state index in [1.807, 2.05) is 51.1 Å². The second-order valence-corrected chi connectivity index (χ2v) is 6.38. The molecule has 0 atom stereocenters. The number of aliphatic carboxylic acids is 1. The lowest BCUT2D eigenvalue weighted by Gasteiger charge is -2.12. The van der Waals surface area contributed by atoms with Gasteiger partial charge in [-0.25, -0.2) is 0 Å². The van der Waals surface area contributed by atoms with Gasteiger partial charge in [0, 0.05) is 5.56 Å². The van der Waals surface area contributed by atoms with Crippen LogP contribution in [-0.4, -0.2) is 36.7 Å². The van der Waals surface area contributed by atoms with Crippen molar-refractivity contribution in [1.29, 1.82) is 0 Å². The van der Waals surface area contributed by atoms with E-state index in [-0.39, 0.29) is 19.6 Å². The van der Waals surface area contributed by atoms with Gasteiger partial charge in [0.2, 0.25) is 0 Å². The van der Waals surface area contributed by atoms with E-state index in [1.54, 1.807) is 6.07 Å². The standard InChI is InChI=1S/C21H26N4O4/c1-4-28-19-12-15(3)6-8-17(19)21(24-25-22)23-9-10-29-18-11-14(2)5-7-16(18)13-20(26)27/h5-8,11-12H,4,9-10,13H2,1-3H3,(H,26,27)(H2,22,23,24). The first kappa shape index (κ1) is 21.9.